The summed E-state index contributed by atoms with van der Waals surface area (Å²) in [6.45, 7) is 0.784. The molecule has 0 bridgehead atoms. The van der Waals surface area contributed by atoms with Gasteiger partial charge in [0.15, 0.2) is 0 Å². The number of sulfonamides is 1. The average molecular weight is 330 g/mol. The van der Waals surface area contributed by atoms with Crippen molar-refractivity contribution in [2.24, 2.45) is 5.92 Å². The highest BCUT2D eigenvalue weighted by atomic mass is 32.2. The molecule has 1 N–H and O–H groups in total. The normalized spacial score (nSPS) is 18.3. The zero-order valence-electron chi connectivity index (χ0n) is 12.6. The lowest BCUT2D eigenvalue weighted by Gasteiger charge is -2.16. The van der Waals surface area contributed by atoms with Gasteiger partial charge in [-0.05, 0) is 30.2 Å². The van der Waals surface area contributed by atoms with Crippen LogP contribution in [-0.4, -0.2) is 27.4 Å². The summed E-state index contributed by atoms with van der Waals surface area (Å²) in [6, 6.07) is 17.7. The first kappa shape index (κ1) is 15.7. The van der Waals surface area contributed by atoms with E-state index in [4.69, 9.17) is 0 Å². The third kappa shape index (κ3) is 3.60. The van der Waals surface area contributed by atoms with Crippen molar-refractivity contribution in [1.82, 2.24) is 4.72 Å². The molecule has 1 aliphatic rings. The van der Waals surface area contributed by atoms with Crippen molar-refractivity contribution in [3.8, 4) is 0 Å². The highest BCUT2D eigenvalue weighted by Crippen LogP contribution is 2.24. The summed E-state index contributed by atoms with van der Waals surface area (Å²) in [4.78, 5) is 14.1. The summed E-state index contributed by atoms with van der Waals surface area (Å²) in [5, 5.41) is 0. The van der Waals surface area contributed by atoms with Gasteiger partial charge in [-0.1, -0.05) is 36.4 Å². The van der Waals surface area contributed by atoms with Gasteiger partial charge in [-0.25, -0.2) is 13.1 Å². The van der Waals surface area contributed by atoms with Gasteiger partial charge in [0.05, 0.1) is 4.90 Å². The number of hydrogen-bond donors (Lipinski definition) is 1. The smallest absolute Gasteiger partial charge is 0.240 e. The molecule has 5 nitrogen and oxygen atoms in total. The first-order valence-electron chi connectivity index (χ1n) is 7.46. The number of hydrogen-bond acceptors (Lipinski definition) is 3. The summed E-state index contributed by atoms with van der Waals surface area (Å²) < 4.78 is 27.0. The first-order valence-corrected chi connectivity index (χ1v) is 8.95. The quantitative estimate of drug-likeness (QED) is 0.912. The first-order chi connectivity index (χ1) is 11.1. The predicted octanol–water partition coefficient (Wildman–Crippen LogP) is 2.02. The van der Waals surface area contributed by atoms with E-state index in [2.05, 4.69) is 4.72 Å². The molecule has 1 saturated heterocycles. The van der Waals surface area contributed by atoms with Crippen molar-refractivity contribution in [3.63, 3.8) is 0 Å². The summed E-state index contributed by atoms with van der Waals surface area (Å²) in [5.74, 6) is 0.00121. The van der Waals surface area contributed by atoms with Crippen LogP contribution in [-0.2, 0) is 14.8 Å². The van der Waals surface area contributed by atoms with Gasteiger partial charge in [0.25, 0.3) is 0 Å². The number of para-hydroxylation sites is 1. The zero-order chi connectivity index (χ0) is 16.3. The lowest BCUT2D eigenvalue weighted by molar-refractivity contribution is -0.117. The van der Waals surface area contributed by atoms with E-state index >= 15 is 0 Å². The molecule has 23 heavy (non-hydrogen) atoms. The molecule has 0 unspecified atom stereocenters. The van der Waals surface area contributed by atoms with E-state index in [0.29, 0.717) is 13.0 Å². The lowest BCUT2D eigenvalue weighted by atomic mass is 10.1. The predicted molar refractivity (Wildman–Crippen MR) is 88.5 cm³/mol. The monoisotopic (exact) mass is 330 g/mol. The van der Waals surface area contributed by atoms with Crippen LogP contribution in [0, 0.1) is 5.92 Å². The Morgan fingerprint density at radius 1 is 1.00 bits per heavy atom. The topological polar surface area (TPSA) is 66.5 Å². The summed E-state index contributed by atoms with van der Waals surface area (Å²) in [5.41, 5.74) is 0.853. The Morgan fingerprint density at radius 2 is 1.61 bits per heavy atom. The number of rotatable bonds is 5. The molecule has 0 aliphatic carbocycles. The molecule has 0 aromatic heterocycles. The van der Waals surface area contributed by atoms with E-state index in [-0.39, 0.29) is 23.3 Å². The Morgan fingerprint density at radius 3 is 2.26 bits per heavy atom. The standard InChI is InChI=1S/C17H18N2O3S/c20-17-11-14(13-19(17)15-7-3-1-4-8-15)12-18-23(21,22)16-9-5-2-6-10-16/h1-10,14,18H,11-13H2/t14-/m1/s1. The van der Waals surface area contributed by atoms with Crippen molar-refractivity contribution < 1.29 is 13.2 Å². The fourth-order valence-corrected chi connectivity index (χ4v) is 3.82. The minimum Gasteiger partial charge on any atom is -0.312 e. The number of anilines is 1. The molecule has 2 aromatic carbocycles. The van der Waals surface area contributed by atoms with Gasteiger partial charge in [0.2, 0.25) is 15.9 Å². The molecule has 1 atom stereocenters. The molecule has 0 spiro atoms. The minimum absolute atomic E-state index is 0.0267. The van der Waals surface area contributed by atoms with E-state index in [1.807, 2.05) is 30.3 Å². The Balaban J connectivity index is 1.63. The second kappa shape index (κ2) is 6.52. The van der Waals surface area contributed by atoms with Gasteiger partial charge >= 0.3 is 0 Å². The molecule has 1 fully saturated rings. The van der Waals surface area contributed by atoms with Crippen LogP contribution >= 0.6 is 0 Å². The van der Waals surface area contributed by atoms with Gasteiger partial charge in [-0.15, -0.1) is 0 Å². The zero-order valence-corrected chi connectivity index (χ0v) is 13.4. The number of benzene rings is 2. The van der Waals surface area contributed by atoms with E-state index in [1.165, 1.54) is 0 Å². The molecule has 0 saturated carbocycles. The second-order valence-corrected chi connectivity index (χ2v) is 7.34. The van der Waals surface area contributed by atoms with Crippen molar-refractivity contribution in [2.75, 3.05) is 18.0 Å². The number of carbonyl (C=O) groups excluding carboxylic acids is 1. The Kier molecular flexibility index (Phi) is 4.45. The molecule has 3 rings (SSSR count). The van der Waals surface area contributed by atoms with E-state index in [9.17, 15) is 13.2 Å². The molecular weight excluding hydrogens is 312 g/mol. The van der Waals surface area contributed by atoms with E-state index in [0.717, 1.165) is 5.69 Å². The number of amides is 1. The summed E-state index contributed by atoms with van der Waals surface area (Å²) in [7, 11) is -3.53. The largest absolute Gasteiger partial charge is 0.312 e. The van der Waals surface area contributed by atoms with Crippen LogP contribution < -0.4 is 9.62 Å². The SMILES string of the molecule is O=C1C[C@H](CNS(=O)(=O)c2ccccc2)CN1c1ccccc1. The third-order valence-electron chi connectivity index (χ3n) is 3.89. The van der Waals surface area contributed by atoms with Crippen LogP contribution in [0.25, 0.3) is 0 Å². The van der Waals surface area contributed by atoms with Gasteiger partial charge in [0, 0.05) is 25.2 Å². The highest BCUT2D eigenvalue weighted by molar-refractivity contribution is 7.89. The van der Waals surface area contributed by atoms with Crippen molar-refractivity contribution in [1.29, 1.82) is 0 Å². The van der Waals surface area contributed by atoms with Crippen LogP contribution in [0.3, 0.4) is 0 Å². The fourth-order valence-electron chi connectivity index (χ4n) is 2.69. The Labute approximate surface area is 136 Å². The van der Waals surface area contributed by atoms with E-state index in [1.54, 1.807) is 35.2 Å². The van der Waals surface area contributed by atoms with Gasteiger partial charge in [-0.2, -0.15) is 0 Å². The maximum absolute atomic E-state index is 12.2. The Hall–Kier alpha value is -2.18. The lowest BCUT2D eigenvalue weighted by Crippen LogP contribution is -2.31. The van der Waals surface area contributed by atoms with Gasteiger partial charge < -0.3 is 4.90 Å². The van der Waals surface area contributed by atoms with Crippen LogP contribution in [0.15, 0.2) is 65.6 Å². The molecule has 0 radical (unpaired) electrons. The molecule has 2 aromatic rings. The minimum atomic E-state index is -3.53. The van der Waals surface area contributed by atoms with Crippen LogP contribution in [0.4, 0.5) is 5.69 Å². The van der Waals surface area contributed by atoms with Crippen molar-refractivity contribution >= 4 is 21.6 Å². The molecule has 6 heteroatoms. The van der Waals surface area contributed by atoms with Gasteiger partial charge in [-0.3, -0.25) is 4.79 Å². The maximum Gasteiger partial charge on any atom is 0.240 e. The van der Waals surface area contributed by atoms with Crippen LogP contribution in [0.2, 0.25) is 0 Å². The third-order valence-corrected chi connectivity index (χ3v) is 5.33. The number of nitrogens with one attached hydrogen (secondary N) is 1. The van der Waals surface area contributed by atoms with E-state index < -0.39 is 10.0 Å². The molecule has 1 heterocycles. The molecule has 120 valence electrons. The van der Waals surface area contributed by atoms with Crippen LogP contribution in [0.5, 0.6) is 0 Å². The number of nitrogens with zero attached hydrogens (tertiary/aromatic N) is 1. The number of carbonyl (C=O) groups is 1. The van der Waals surface area contributed by atoms with Crippen molar-refractivity contribution in [3.05, 3.63) is 60.7 Å². The van der Waals surface area contributed by atoms with Crippen LogP contribution in [0.1, 0.15) is 6.42 Å². The highest BCUT2D eigenvalue weighted by Gasteiger charge is 2.31. The Bertz CT molecular complexity index is 776. The molecule has 1 aliphatic heterocycles. The van der Waals surface area contributed by atoms with Gasteiger partial charge in [0.1, 0.15) is 0 Å². The average Bonchev–Trinajstić information content (AvgIpc) is 2.96. The fraction of sp³-hybridized carbons (Fsp3) is 0.235. The maximum atomic E-state index is 12.2. The summed E-state index contributed by atoms with van der Waals surface area (Å²) in [6.07, 6.45) is 0.353. The second-order valence-electron chi connectivity index (χ2n) is 5.57. The van der Waals surface area contributed by atoms with Crippen molar-refractivity contribution in [2.45, 2.75) is 11.3 Å². The molecular formula is C17H18N2O3S. The molecule has 1 amide bonds. The summed E-state index contributed by atoms with van der Waals surface area (Å²) >= 11 is 0.